The van der Waals surface area contributed by atoms with Gasteiger partial charge in [0, 0.05) is 22.1 Å². The van der Waals surface area contributed by atoms with Crippen LogP contribution in [0.2, 0.25) is 6.82 Å². The van der Waals surface area contributed by atoms with Gasteiger partial charge in [0.2, 0.25) is 0 Å². The van der Waals surface area contributed by atoms with Gasteiger partial charge < -0.3 is 13.8 Å². The van der Waals surface area contributed by atoms with Gasteiger partial charge in [0.1, 0.15) is 17.0 Å². The molecule has 4 nitrogen and oxygen atoms in total. The molecule has 0 bridgehead atoms. The summed E-state index contributed by atoms with van der Waals surface area (Å²) in [6.45, 7) is 11.5. The van der Waals surface area contributed by atoms with Gasteiger partial charge in [-0.3, -0.25) is 0 Å². The normalized spacial score (nSPS) is 13.0. The Hall–Kier alpha value is -5.29. The van der Waals surface area contributed by atoms with E-state index >= 15 is 0 Å². The predicted octanol–water partition coefficient (Wildman–Crippen LogP) is 10.7. The third-order valence-electron chi connectivity index (χ3n) is 9.59. The third kappa shape index (κ3) is 4.80. The molecule has 0 aliphatic carbocycles. The molecular weight excluding hydrogens is 573 g/mol. The molecule has 1 aliphatic rings. The highest BCUT2D eigenvalue weighted by molar-refractivity contribution is 6.76. The van der Waals surface area contributed by atoms with Crippen molar-refractivity contribution in [1.29, 1.82) is 0 Å². The number of imidazole rings is 1. The smallest absolute Gasteiger partial charge is 0.311 e. The van der Waals surface area contributed by atoms with Gasteiger partial charge in [0.15, 0.2) is 0 Å². The molecule has 0 radical (unpaired) electrons. The Morgan fingerprint density at radius 3 is 2.02 bits per heavy atom. The van der Waals surface area contributed by atoms with Crippen LogP contribution in [-0.4, -0.2) is 16.4 Å². The van der Waals surface area contributed by atoms with Crippen LogP contribution in [0.4, 0.5) is 5.69 Å². The number of anilines is 1. The van der Waals surface area contributed by atoms with Crippen molar-refractivity contribution in [2.75, 3.05) is 4.81 Å². The fraction of sp³-hybridized carbons (Fsp3) is 0.167. The topological polar surface area (TPSA) is 34.2 Å². The second-order valence-electron chi connectivity index (χ2n) is 13.2. The van der Waals surface area contributed by atoms with Crippen molar-refractivity contribution < 1.29 is 4.42 Å². The SMILES string of the molecule is CB1c2c(nc(-c3cccc4c3oc3ccccc34)n2-c2c(C(C)C)cc(-c3ccccc3)cc2C(C)C)C=CN1c1ccccc1. The molecule has 0 saturated carbocycles. The van der Waals surface area contributed by atoms with Gasteiger partial charge in [0.05, 0.1) is 16.9 Å². The summed E-state index contributed by atoms with van der Waals surface area (Å²) in [6.07, 6.45) is 4.35. The van der Waals surface area contributed by atoms with Crippen molar-refractivity contribution in [1.82, 2.24) is 9.55 Å². The third-order valence-corrected chi connectivity index (χ3v) is 9.59. The Kier molecular flexibility index (Phi) is 7.13. The number of rotatable bonds is 6. The van der Waals surface area contributed by atoms with Crippen LogP contribution in [0.15, 0.2) is 126 Å². The van der Waals surface area contributed by atoms with E-state index in [1.807, 2.05) is 6.07 Å². The lowest BCUT2D eigenvalue weighted by atomic mass is 9.57. The molecule has 8 rings (SSSR count). The molecule has 1 aliphatic heterocycles. The van der Waals surface area contributed by atoms with E-state index in [2.05, 4.69) is 165 Å². The summed E-state index contributed by atoms with van der Waals surface area (Å²) in [5.41, 5.74) is 12.4. The zero-order valence-electron chi connectivity index (χ0n) is 27.6. The molecule has 0 amide bonds. The molecule has 2 aromatic heterocycles. The first-order valence-electron chi connectivity index (χ1n) is 16.7. The van der Waals surface area contributed by atoms with Crippen molar-refractivity contribution in [3.8, 4) is 28.2 Å². The first-order chi connectivity index (χ1) is 22.9. The quantitative estimate of drug-likeness (QED) is 0.176. The number of furan rings is 1. The molecule has 230 valence electrons. The van der Waals surface area contributed by atoms with Crippen LogP contribution in [-0.2, 0) is 0 Å². The van der Waals surface area contributed by atoms with Gasteiger partial charge in [0.25, 0.3) is 0 Å². The highest BCUT2D eigenvalue weighted by Crippen LogP contribution is 2.41. The largest absolute Gasteiger partial charge is 0.455 e. The number of benzene rings is 5. The van der Waals surface area contributed by atoms with Crippen molar-refractivity contribution >= 4 is 46.1 Å². The summed E-state index contributed by atoms with van der Waals surface area (Å²) in [7, 11) is 0. The maximum absolute atomic E-state index is 6.63. The Labute approximate surface area is 277 Å². The number of hydrogen-bond acceptors (Lipinski definition) is 3. The minimum atomic E-state index is 0.0300. The fourth-order valence-electron chi connectivity index (χ4n) is 7.24. The second-order valence-corrected chi connectivity index (χ2v) is 13.2. The molecular formula is C42H38BN3O. The van der Waals surface area contributed by atoms with Gasteiger partial charge in [-0.05, 0) is 82.8 Å². The molecule has 0 atom stereocenters. The monoisotopic (exact) mass is 611 g/mol. The van der Waals surface area contributed by atoms with Crippen LogP contribution in [0.5, 0.6) is 0 Å². The Morgan fingerprint density at radius 2 is 1.32 bits per heavy atom. The molecule has 5 aromatic carbocycles. The highest BCUT2D eigenvalue weighted by Gasteiger charge is 2.35. The minimum absolute atomic E-state index is 0.0300. The van der Waals surface area contributed by atoms with Crippen molar-refractivity contribution in [2.24, 2.45) is 0 Å². The van der Waals surface area contributed by atoms with E-state index < -0.39 is 0 Å². The highest BCUT2D eigenvalue weighted by atomic mass is 16.3. The minimum Gasteiger partial charge on any atom is -0.455 e. The Morgan fingerprint density at radius 1 is 0.681 bits per heavy atom. The van der Waals surface area contributed by atoms with E-state index in [-0.39, 0.29) is 18.7 Å². The number of fused-ring (bicyclic) bond motifs is 4. The zero-order valence-corrected chi connectivity index (χ0v) is 27.6. The maximum Gasteiger partial charge on any atom is 0.311 e. The molecule has 3 heterocycles. The van der Waals surface area contributed by atoms with Crippen molar-refractivity contribution in [3.05, 3.63) is 138 Å². The Bertz CT molecular complexity index is 2250. The summed E-state index contributed by atoms with van der Waals surface area (Å²) >= 11 is 0. The van der Waals surface area contributed by atoms with Crippen molar-refractivity contribution in [2.45, 2.75) is 46.4 Å². The maximum atomic E-state index is 6.63. The van der Waals surface area contributed by atoms with Crippen LogP contribution in [0.25, 0.3) is 56.2 Å². The van der Waals surface area contributed by atoms with E-state index in [1.165, 1.54) is 33.5 Å². The molecule has 0 fully saturated rings. The number of para-hydroxylation sites is 3. The van der Waals surface area contributed by atoms with E-state index in [4.69, 9.17) is 9.40 Å². The summed E-state index contributed by atoms with van der Waals surface area (Å²) < 4.78 is 9.10. The predicted molar refractivity (Wildman–Crippen MR) is 199 cm³/mol. The first-order valence-corrected chi connectivity index (χ1v) is 16.7. The lowest BCUT2D eigenvalue weighted by Gasteiger charge is -2.31. The van der Waals surface area contributed by atoms with Crippen LogP contribution in [0.1, 0.15) is 56.4 Å². The van der Waals surface area contributed by atoms with Gasteiger partial charge in [-0.15, -0.1) is 0 Å². The van der Waals surface area contributed by atoms with Crippen LogP contribution >= 0.6 is 0 Å². The molecule has 47 heavy (non-hydrogen) atoms. The number of aromatic nitrogens is 2. The number of hydrogen-bond donors (Lipinski definition) is 0. The molecule has 0 spiro atoms. The van der Waals surface area contributed by atoms with Crippen LogP contribution in [0, 0.1) is 0 Å². The van der Waals surface area contributed by atoms with E-state index in [9.17, 15) is 0 Å². The van der Waals surface area contributed by atoms with Crippen LogP contribution in [0.3, 0.4) is 0 Å². The summed E-state index contributed by atoms with van der Waals surface area (Å²) in [4.78, 5) is 7.82. The standard InChI is InChI=1S/C42H38BN3O/c1-27(2)35-25-30(29-15-8-6-9-16-29)26-36(28(3)4)39(35)46-41-37(23-24-45(43(41)5)31-17-10-7-11-18-31)44-42(46)34-21-14-20-33-32-19-12-13-22-38(32)47-40(33)34/h6-28H,1-5H3. The molecule has 0 saturated heterocycles. The van der Waals surface area contributed by atoms with Crippen LogP contribution < -0.4 is 10.4 Å². The summed E-state index contributed by atoms with van der Waals surface area (Å²) in [5.74, 6) is 1.46. The van der Waals surface area contributed by atoms with E-state index in [0.29, 0.717) is 0 Å². The summed E-state index contributed by atoms with van der Waals surface area (Å²) in [6, 6.07) is 40.9. The van der Waals surface area contributed by atoms with E-state index in [0.717, 1.165) is 44.7 Å². The fourth-order valence-corrected chi connectivity index (χ4v) is 7.24. The zero-order chi connectivity index (χ0) is 32.2. The molecule has 0 unspecified atom stereocenters. The second kappa shape index (κ2) is 11.5. The van der Waals surface area contributed by atoms with Gasteiger partial charge in [-0.25, -0.2) is 4.98 Å². The lowest BCUT2D eigenvalue weighted by molar-refractivity contribution is 0.669. The number of nitrogens with zero attached hydrogens (tertiary/aromatic N) is 3. The average molecular weight is 612 g/mol. The van der Waals surface area contributed by atoms with E-state index in [1.54, 1.807) is 0 Å². The van der Waals surface area contributed by atoms with Gasteiger partial charge in [-0.1, -0.05) is 113 Å². The molecule has 0 N–H and O–H groups in total. The molecule has 5 heteroatoms. The summed E-state index contributed by atoms with van der Waals surface area (Å²) in [5, 5.41) is 2.22. The van der Waals surface area contributed by atoms with Gasteiger partial charge >= 0.3 is 6.85 Å². The van der Waals surface area contributed by atoms with Crippen molar-refractivity contribution in [3.63, 3.8) is 0 Å². The average Bonchev–Trinajstić information content (AvgIpc) is 3.68. The lowest BCUT2D eigenvalue weighted by Crippen LogP contribution is -2.49. The molecule has 7 aromatic rings. The Balaban J connectivity index is 1.47. The van der Waals surface area contributed by atoms with Gasteiger partial charge in [-0.2, -0.15) is 0 Å². The first kappa shape index (κ1) is 29.1.